The molecule has 2 atom stereocenters. The van der Waals surface area contributed by atoms with Gasteiger partial charge >= 0.3 is 5.97 Å². The van der Waals surface area contributed by atoms with Crippen LogP contribution >= 0.6 is 0 Å². The molecule has 0 unspecified atom stereocenters. The van der Waals surface area contributed by atoms with E-state index in [1.807, 2.05) is 0 Å². The summed E-state index contributed by atoms with van der Waals surface area (Å²) < 4.78 is 29.7. The molecule has 0 heterocycles. The molecule has 4 N–H and O–H groups in total. The summed E-state index contributed by atoms with van der Waals surface area (Å²) in [5, 5.41) is 13.3. The van der Waals surface area contributed by atoms with Crippen LogP contribution in [0.4, 0.5) is 0 Å². The predicted octanol–water partition coefficient (Wildman–Crippen LogP) is -1.25. The maximum atomic E-state index is 11.6. The standard InChI is InChI=1S/C10H18N2O7S/c1-3-8(13)11-6(2)9(14)12-7(10(15)16)4-5-20(17,18)19/h6-7H,3-5H2,1-2H3,(H,11,13)(H,12,14)(H,15,16)(H,17,18,19)/t6-,7+/m0/s1. The van der Waals surface area contributed by atoms with Crippen molar-refractivity contribution in [3.05, 3.63) is 0 Å². The molecule has 0 aliphatic rings. The maximum Gasteiger partial charge on any atom is 0.326 e. The van der Waals surface area contributed by atoms with Gasteiger partial charge in [0.25, 0.3) is 10.1 Å². The molecule has 0 fully saturated rings. The van der Waals surface area contributed by atoms with E-state index >= 15 is 0 Å². The molecule has 0 aromatic rings. The molecule has 0 rings (SSSR count). The Balaban J connectivity index is 4.55. The Morgan fingerprint density at radius 3 is 2.15 bits per heavy atom. The van der Waals surface area contributed by atoms with Gasteiger partial charge in [0.05, 0.1) is 5.75 Å². The van der Waals surface area contributed by atoms with E-state index < -0.39 is 46.3 Å². The smallest absolute Gasteiger partial charge is 0.326 e. The summed E-state index contributed by atoms with van der Waals surface area (Å²) in [7, 11) is -4.32. The third kappa shape index (κ3) is 7.69. The Labute approximate surface area is 116 Å². The largest absolute Gasteiger partial charge is 0.480 e. The summed E-state index contributed by atoms with van der Waals surface area (Å²) >= 11 is 0. The minimum Gasteiger partial charge on any atom is -0.480 e. The molecule has 9 nitrogen and oxygen atoms in total. The number of carboxylic acids is 1. The van der Waals surface area contributed by atoms with Gasteiger partial charge in [-0.3, -0.25) is 14.1 Å². The van der Waals surface area contributed by atoms with Gasteiger partial charge in [0.1, 0.15) is 12.1 Å². The minimum atomic E-state index is -4.32. The predicted molar refractivity (Wildman–Crippen MR) is 68.5 cm³/mol. The molecule has 0 saturated heterocycles. The fraction of sp³-hybridized carbons (Fsp3) is 0.700. The van der Waals surface area contributed by atoms with Gasteiger partial charge in [-0.25, -0.2) is 4.79 Å². The van der Waals surface area contributed by atoms with Crippen LogP contribution in [0, 0.1) is 0 Å². The summed E-state index contributed by atoms with van der Waals surface area (Å²) in [5.41, 5.74) is 0. The molecule has 0 bridgehead atoms. The molecule has 0 aliphatic carbocycles. The molecule has 116 valence electrons. The molecule has 0 aromatic heterocycles. The number of hydrogen-bond acceptors (Lipinski definition) is 5. The van der Waals surface area contributed by atoms with Crippen molar-refractivity contribution in [1.82, 2.24) is 10.6 Å². The normalized spacial score (nSPS) is 14.2. The Hall–Kier alpha value is -1.68. The van der Waals surface area contributed by atoms with Crippen molar-refractivity contribution in [3.8, 4) is 0 Å². The average Bonchev–Trinajstić information content (AvgIpc) is 2.32. The van der Waals surface area contributed by atoms with Gasteiger partial charge in [-0.2, -0.15) is 8.42 Å². The van der Waals surface area contributed by atoms with Crippen molar-refractivity contribution >= 4 is 27.9 Å². The first kappa shape index (κ1) is 18.3. The van der Waals surface area contributed by atoms with Crippen molar-refractivity contribution in [2.24, 2.45) is 0 Å². The highest BCUT2D eigenvalue weighted by atomic mass is 32.2. The van der Waals surface area contributed by atoms with Crippen LogP contribution in [-0.4, -0.2) is 53.7 Å². The summed E-state index contributed by atoms with van der Waals surface area (Å²) in [4.78, 5) is 33.6. The van der Waals surface area contributed by atoms with Crippen LogP contribution in [0.15, 0.2) is 0 Å². The molecular weight excluding hydrogens is 292 g/mol. The third-order valence-corrected chi connectivity index (χ3v) is 3.12. The van der Waals surface area contributed by atoms with E-state index in [1.165, 1.54) is 6.92 Å². The highest BCUT2D eigenvalue weighted by Gasteiger charge is 2.25. The van der Waals surface area contributed by atoms with E-state index in [0.29, 0.717) is 0 Å². The van der Waals surface area contributed by atoms with Crippen molar-refractivity contribution in [1.29, 1.82) is 0 Å². The zero-order valence-electron chi connectivity index (χ0n) is 11.1. The number of rotatable bonds is 8. The zero-order chi connectivity index (χ0) is 15.9. The molecule has 0 aromatic carbocycles. The first-order chi connectivity index (χ1) is 9.06. The molecule has 10 heteroatoms. The molecule has 0 radical (unpaired) electrons. The first-order valence-corrected chi connectivity index (χ1v) is 7.45. The molecule has 20 heavy (non-hydrogen) atoms. The lowest BCUT2D eigenvalue weighted by atomic mass is 10.2. The average molecular weight is 310 g/mol. The number of nitrogens with one attached hydrogen (secondary N) is 2. The van der Waals surface area contributed by atoms with E-state index in [-0.39, 0.29) is 12.3 Å². The van der Waals surface area contributed by atoms with E-state index in [0.717, 1.165) is 0 Å². The van der Waals surface area contributed by atoms with Crippen LogP contribution in [0.3, 0.4) is 0 Å². The SMILES string of the molecule is CCC(=O)N[C@@H](C)C(=O)N[C@H](CCS(=O)(=O)O)C(=O)O. The molecule has 2 amide bonds. The Morgan fingerprint density at radius 1 is 1.20 bits per heavy atom. The fourth-order valence-corrected chi connectivity index (χ4v) is 1.76. The van der Waals surface area contributed by atoms with Crippen molar-refractivity contribution in [2.75, 3.05) is 5.75 Å². The summed E-state index contributed by atoms with van der Waals surface area (Å²) in [5.74, 6) is -3.36. The Morgan fingerprint density at radius 2 is 1.75 bits per heavy atom. The first-order valence-electron chi connectivity index (χ1n) is 5.84. The van der Waals surface area contributed by atoms with Gasteiger partial charge in [0.2, 0.25) is 11.8 Å². The number of carbonyl (C=O) groups is 3. The fourth-order valence-electron chi connectivity index (χ4n) is 1.23. The van der Waals surface area contributed by atoms with Crippen LogP contribution in [-0.2, 0) is 24.5 Å². The van der Waals surface area contributed by atoms with Crippen molar-refractivity contribution in [2.45, 2.75) is 38.8 Å². The Bertz CT molecular complexity index is 474. The van der Waals surface area contributed by atoms with Gasteiger partial charge in [-0.05, 0) is 13.3 Å². The molecule has 0 aliphatic heterocycles. The maximum absolute atomic E-state index is 11.6. The summed E-state index contributed by atoms with van der Waals surface area (Å²) in [6, 6.07) is -2.42. The van der Waals surface area contributed by atoms with E-state index in [9.17, 15) is 22.8 Å². The number of carboxylic acid groups (broad SMARTS) is 1. The number of hydrogen-bond donors (Lipinski definition) is 4. The van der Waals surface area contributed by atoms with Gasteiger partial charge in [-0.15, -0.1) is 0 Å². The highest BCUT2D eigenvalue weighted by Crippen LogP contribution is 1.98. The minimum absolute atomic E-state index is 0.169. The lowest BCUT2D eigenvalue weighted by molar-refractivity contribution is -0.142. The van der Waals surface area contributed by atoms with Gasteiger partial charge in [-0.1, -0.05) is 6.92 Å². The number of amides is 2. The van der Waals surface area contributed by atoms with E-state index in [2.05, 4.69) is 10.6 Å². The van der Waals surface area contributed by atoms with Crippen LogP contribution in [0.5, 0.6) is 0 Å². The van der Waals surface area contributed by atoms with Crippen LogP contribution in [0.2, 0.25) is 0 Å². The third-order valence-electron chi connectivity index (χ3n) is 2.37. The zero-order valence-corrected chi connectivity index (χ0v) is 11.9. The van der Waals surface area contributed by atoms with Gasteiger partial charge in [0, 0.05) is 6.42 Å². The lowest BCUT2D eigenvalue weighted by Gasteiger charge is -2.18. The second-order valence-corrected chi connectivity index (χ2v) is 5.69. The van der Waals surface area contributed by atoms with Crippen molar-refractivity contribution < 1.29 is 32.5 Å². The summed E-state index contributed by atoms with van der Waals surface area (Å²) in [6.45, 7) is 2.96. The highest BCUT2D eigenvalue weighted by molar-refractivity contribution is 7.85. The van der Waals surface area contributed by atoms with E-state index in [4.69, 9.17) is 9.66 Å². The molecule has 0 saturated carbocycles. The van der Waals surface area contributed by atoms with Gasteiger partial charge in [0.15, 0.2) is 0 Å². The number of aliphatic carboxylic acids is 1. The van der Waals surface area contributed by atoms with Gasteiger partial charge < -0.3 is 15.7 Å². The summed E-state index contributed by atoms with van der Waals surface area (Å²) in [6.07, 6.45) is -0.308. The monoisotopic (exact) mass is 310 g/mol. The lowest BCUT2D eigenvalue weighted by Crippen LogP contribution is -2.50. The topological polar surface area (TPSA) is 150 Å². The van der Waals surface area contributed by atoms with Crippen LogP contribution in [0.25, 0.3) is 0 Å². The van der Waals surface area contributed by atoms with E-state index in [1.54, 1.807) is 6.92 Å². The number of carbonyl (C=O) groups excluding carboxylic acids is 2. The molecular formula is C10H18N2O7S. The second-order valence-electron chi connectivity index (χ2n) is 4.12. The van der Waals surface area contributed by atoms with Crippen molar-refractivity contribution in [3.63, 3.8) is 0 Å². The Kier molecular flexibility index (Phi) is 7.14. The quantitative estimate of drug-likeness (QED) is 0.409. The van der Waals surface area contributed by atoms with Crippen LogP contribution < -0.4 is 10.6 Å². The second kappa shape index (κ2) is 7.80. The molecule has 0 spiro atoms. The van der Waals surface area contributed by atoms with Crippen LogP contribution in [0.1, 0.15) is 26.7 Å².